The van der Waals surface area contributed by atoms with Crippen LogP contribution in [0.25, 0.3) is 0 Å². The van der Waals surface area contributed by atoms with Crippen molar-refractivity contribution in [1.82, 2.24) is 9.97 Å². The molecular formula is C14H18N4O2S. The maximum absolute atomic E-state index is 9.86. The van der Waals surface area contributed by atoms with Gasteiger partial charge in [0.1, 0.15) is 11.6 Å². The van der Waals surface area contributed by atoms with Gasteiger partial charge in [-0.2, -0.15) is 0 Å². The molecule has 1 heterocycles. The second kappa shape index (κ2) is 7.82. The summed E-state index contributed by atoms with van der Waals surface area (Å²) in [7, 11) is 0. The van der Waals surface area contributed by atoms with Gasteiger partial charge in [-0.05, 0) is 5.56 Å². The summed E-state index contributed by atoms with van der Waals surface area (Å²) in [6.07, 6.45) is -0.607. The Bertz CT molecular complexity index is 548. The molecule has 0 aliphatic heterocycles. The van der Waals surface area contributed by atoms with Crippen molar-refractivity contribution in [3.63, 3.8) is 0 Å². The second-order valence-electron chi connectivity index (χ2n) is 4.47. The molecule has 0 aliphatic carbocycles. The Hall–Kier alpha value is -1.83. The summed E-state index contributed by atoms with van der Waals surface area (Å²) in [6.45, 7) is 0.726. The van der Waals surface area contributed by atoms with Crippen molar-refractivity contribution < 1.29 is 9.84 Å². The summed E-state index contributed by atoms with van der Waals surface area (Å²) in [5.41, 5.74) is 12.2. The number of thioether (sulfide) groups is 1. The molecule has 0 saturated heterocycles. The van der Waals surface area contributed by atoms with E-state index in [1.165, 1.54) is 17.8 Å². The van der Waals surface area contributed by atoms with E-state index in [9.17, 15) is 5.11 Å². The van der Waals surface area contributed by atoms with Crippen LogP contribution in [0.2, 0.25) is 0 Å². The Morgan fingerprint density at radius 2 is 1.81 bits per heavy atom. The minimum absolute atomic E-state index is 0.250. The molecule has 0 radical (unpaired) electrons. The Balaban J connectivity index is 1.71. The lowest BCUT2D eigenvalue weighted by molar-refractivity contribution is 0.0398. The molecule has 0 spiro atoms. The smallest absolute Gasteiger partial charge is 0.191 e. The Kier molecular flexibility index (Phi) is 5.79. The number of nitrogens with two attached hydrogens (primary N) is 2. The lowest BCUT2D eigenvalue weighted by Crippen LogP contribution is -2.18. The number of aliphatic hydroxyl groups excluding tert-OH is 1. The third-order valence-electron chi connectivity index (χ3n) is 2.57. The van der Waals surface area contributed by atoms with Crippen molar-refractivity contribution >= 4 is 23.4 Å². The summed E-state index contributed by atoms with van der Waals surface area (Å²) in [5.74, 6) is 1.05. The van der Waals surface area contributed by atoms with Crippen molar-refractivity contribution in [2.45, 2.75) is 17.9 Å². The molecule has 112 valence electrons. The fraction of sp³-hybridized carbons (Fsp3) is 0.286. The highest BCUT2D eigenvalue weighted by atomic mass is 32.2. The van der Waals surface area contributed by atoms with Gasteiger partial charge in [0, 0.05) is 11.8 Å². The van der Waals surface area contributed by atoms with E-state index >= 15 is 0 Å². The number of hydrogen-bond donors (Lipinski definition) is 3. The normalized spacial score (nSPS) is 12.2. The van der Waals surface area contributed by atoms with Gasteiger partial charge in [0.25, 0.3) is 0 Å². The molecule has 0 aliphatic rings. The topological polar surface area (TPSA) is 107 Å². The zero-order valence-electron chi connectivity index (χ0n) is 11.5. The maximum atomic E-state index is 9.86. The first-order valence-electron chi connectivity index (χ1n) is 6.46. The van der Waals surface area contributed by atoms with Gasteiger partial charge in [0.2, 0.25) is 0 Å². The van der Waals surface area contributed by atoms with Gasteiger partial charge in [-0.25, -0.2) is 9.97 Å². The molecule has 2 rings (SSSR count). The van der Waals surface area contributed by atoms with E-state index in [2.05, 4.69) is 9.97 Å². The number of aliphatic hydroxyl groups is 1. The van der Waals surface area contributed by atoms with Gasteiger partial charge in [-0.15, -0.1) is 0 Å². The predicted octanol–water partition coefficient (Wildman–Crippen LogP) is 1.31. The molecule has 1 aromatic heterocycles. The monoisotopic (exact) mass is 306 g/mol. The van der Waals surface area contributed by atoms with Crippen LogP contribution < -0.4 is 11.5 Å². The first-order valence-corrected chi connectivity index (χ1v) is 7.44. The number of anilines is 2. The maximum Gasteiger partial charge on any atom is 0.191 e. The number of rotatable bonds is 7. The third kappa shape index (κ3) is 5.58. The van der Waals surface area contributed by atoms with Crippen molar-refractivity contribution in [3.05, 3.63) is 42.0 Å². The molecule has 2 aromatic rings. The van der Waals surface area contributed by atoms with Crippen LogP contribution in [0.3, 0.4) is 0 Å². The lowest BCUT2D eigenvalue weighted by atomic mass is 10.2. The Labute approximate surface area is 127 Å². The average molecular weight is 306 g/mol. The summed E-state index contributed by atoms with van der Waals surface area (Å²) >= 11 is 1.29. The van der Waals surface area contributed by atoms with Crippen LogP contribution in [0.4, 0.5) is 11.6 Å². The van der Waals surface area contributed by atoms with E-state index in [1.807, 2.05) is 30.3 Å². The Morgan fingerprint density at radius 3 is 2.48 bits per heavy atom. The largest absolute Gasteiger partial charge is 0.390 e. The number of benzene rings is 1. The number of aromatic nitrogens is 2. The molecular weight excluding hydrogens is 288 g/mol. The van der Waals surface area contributed by atoms with Crippen LogP contribution in [0.15, 0.2) is 41.6 Å². The van der Waals surface area contributed by atoms with E-state index in [0.29, 0.717) is 29.2 Å². The lowest BCUT2D eigenvalue weighted by Gasteiger charge is -2.10. The Morgan fingerprint density at radius 1 is 1.14 bits per heavy atom. The molecule has 1 unspecified atom stereocenters. The summed E-state index contributed by atoms with van der Waals surface area (Å²) in [4.78, 5) is 8.06. The van der Waals surface area contributed by atoms with Gasteiger partial charge in [-0.3, -0.25) is 0 Å². The molecule has 0 amide bonds. The van der Waals surface area contributed by atoms with Gasteiger partial charge in [0.05, 0.1) is 19.3 Å². The van der Waals surface area contributed by atoms with Crippen LogP contribution in [0, 0.1) is 0 Å². The van der Waals surface area contributed by atoms with Crippen molar-refractivity contribution in [3.8, 4) is 0 Å². The first-order chi connectivity index (χ1) is 10.1. The molecule has 1 atom stereocenters. The van der Waals surface area contributed by atoms with Crippen LogP contribution in [0.1, 0.15) is 5.56 Å². The molecule has 0 saturated carbocycles. The first kappa shape index (κ1) is 15.6. The fourth-order valence-corrected chi connectivity index (χ4v) is 2.41. The highest BCUT2D eigenvalue weighted by Crippen LogP contribution is 2.17. The number of hydrogen-bond acceptors (Lipinski definition) is 7. The highest BCUT2D eigenvalue weighted by Gasteiger charge is 2.08. The summed E-state index contributed by atoms with van der Waals surface area (Å²) in [5, 5.41) is 10.3. The highest BCUT2D eigenvalue weighted by molar-refractivity contribution is 7.99. The molecule has 5 N–H and O–H groups in total. The van der Waals surface area contributed by atoms with E-state index in [1.54, 1.807) is 0 Å². The minimum Gasteiger partial charge on any atom is -0.390 e. The molecule has 0 bridgehead atoms. The predicted molar refractivity (Wildman–Crippen MR) is 83.7 cm³/mol. The molecule has 1 aromatic carbocycles. The van der Waals surface area contributed by atoms with Crippen LogP contribution in [0.5, 0.6) is 0 Å². The van der Waals surface area contributed by atoms with Crippen molar-refractivity contribution in [1.29, 1.82) is 0 Å². The van der Waals surface area contributed by atoms with Gasteiger partial charge in [0.15, 0.2) is 5.16 Å². The number of nitrogens with zero attached hydrogens (tertiary/aromatic N) is 2. The SMILES string of the molecule is Nc1cc(N)nc(SCC(O)COCc2ccccc2)n1. The van der Waals surface area contributed by atoms with E-state index in [0.717, 1.165) is 5.56 Å². The van der Waals surface area contributed by atoms with E-state index in [4.69, 9.17) is 16.2 Å². The van der Waals surface area contributed by atoms with Gasteiger partial charge >= 0.3 is 0 Å². The van der Waals surface area contributed by atoms with E-state index < -0.39 is 6.10 Å². The number of ether oxygens (including phenoxy) is 1. The van der Waals surface area contributed by atoms with Crippen molar-refractivity contribution in [2.75, 3.05) is 23.8 Å². The van der Waals surface area contributed by atoms with Crippen LogP contribution in [-0.2, 0) is 11.3 Å². The quantitative estimate of drug-likeness (QED) is 0.523. The fourth-order valence-electron chi connectivity index (χ4n) is 1.63. The standard InChI is InChI=1S/C14H18N4O2S/c15-12-6-13(16)18-14(17-12)21-9-11(19)8-20-7-10-4-2-1-3-5-10/h1-6,11,19H,7-9H2,(H4,15,16,17,18). The van der Waals surface area contributed by atoms with Gasteiger partial charge < -0.3 is 21.3 Å². The zero-order chi connectivity index (χ0) is 15.1. The third-order valence-corrected chi connectivity index (χ3v) is 3.56. The molecule has 6 nitrogen and oxygen atoms in total. The zero-order valence-corrected chi connectivity index (χ0v) is 12.3. The van der Waals surface area contributed by atoms with Crippen molar-refractivity contribution in [2.24, 2.45) is 0 Å². The molecule has 21 heavy (non-hydrogen) atoms. The second-order valence-corrected chi connectivity index (χ2v) is 5.45. The van der Waals surface area contributed by atoms with E-state index in [-0.39, 0.29) is 6.61 Å². The molecule has 0 fully saturated rings. The minimum atomic E-state index is -0.607. The molecule has 7 heteroatoms. The van der Waals surface area contributed by atoms with Gasteiger partial charge in [-0.1, -0.05) is 42.1 Å². The number of nitrogen functional groups attached to an aromatic ring is 2. The van der Waals surface area contributed by atoms with Crippen LogP contribution >= 0.6 is 11.8 Å². The summed E-state index contributed by atoms with van der Waals surface area (Å²) in [6, 6.07) is 11.3. The summed E-state index contributed by atoms with van der Waals surface area (Å²) < 4.78 is 5.46. The van der Waals surface area contributed by atoms with Crippen LogP contribution in [-0.4, -0.2) is 33.5 Å². The average Bonchev–Trinajstić information content (AvgIpc) is 2.45.